The number of nitrogens with one attached hydrogen (secondary N) is 1. The molecule has 2 aromatic rings. The van der Waals surface area contributed by atoms with Crippen LogP contribution in [0.2, 0.25) is 10.0 Å². The summed E-state index contributed by atoms with van der Waals surface area (Å²) in [6.45, 7) is 2.85. The van der Waals surface area contributed by atoms with Gasteiger partial charge in [-0.15, -0.1) is 0 Å². The van der Waals surface area contributed by atoms with Gasteiger partial charge in [-0.25, -0.2) is 0 Å². The number of halogens is 3. The van der Waals surface area contributed by atoms with Gasteiger partial charge in [-0.3, -0.25) is 0 Å². The SMILES string of the molecule is CCNC(c1cc(Cl)ccc1Cl)c1cc(Br)ccc1OC. The van der Waals surface area contributed by atoms with Gasteiger partial charge in [-0.05, 0) is 48.5 Å². The Morgan fingerprint density at radius 3 is 2.57 bits per heavy atom. The van der Waals surface area contributed by atoms with Crippen LogP contribution in [0.3, 0.4) is 0 Å². The van der Waals surface area contributed by atoms with E-state index >= 15 is 0 Å². The summed E-state index contributed by atoms with van der Waals surface area (Å²) in [4.78, 5) is 0. The highest BCUT2D eigenvalue weighted by Crippen LogP contribution is 2.36. The van der Waals surface area contributed by atoms with Crippen molar-refractivity contribution < 1.29 is 4.74 Å². The first-order valence-electron chi connectivity index (χ1n) is 6.58. The summed E-state index contributed by atoms with van der Waals surface area (Å²) in [5.41, 5.74) is 1.94. The van der Waals surface area contributed by atoms with Gasteiger partial charge < -0.3 is 10.1 Å². The molecular weight excluding hydrogens is 373 g/mol. The van der Waals surface area contributed by atoms with Crippen molar-refractivity contribution in [3.05, 3.63) is 62.0 Å². The standard InChI is InChI=1S/C16H16BrCl2NO/c1-3-20-16(12-9-11(18)5-6-14(12)19)13-8-10(17)4-7-15(13)21-2/h4-9,16,20H,3H2,1-2H3. The molecule has 0 saturated carbocycles. The Labute approximate surface area is 143 Å². The van der Waals surface area contributed by atoms with E-state index in [2.05, 4.69) is 28.2 Å². The molecule has 0 aliphatic rings. The number of benzene rings is 2. The molecule has 1 unspecified atom stereocenters. The van der Waals surface area contributed by atoms with Crippen molar-refractivity contribution in [1.29, 1.82) is 0 Å². The van der Waals surface area contributed by atoms with E-state index in [9.17, 15) is 0 Å². The summed E-state index contributed by atoms with van der Waals surface area (Å²) in [7, 11) is 1.66. The Morgan fingerprint density at radius 2 is 1.90 bits per heavy atom. The van der Waals surface area contributed by atoms with Crippen molar-refractivity contribution in [2.75, 3.05) is 13.7 Å². The molecular formula is C16H16BrCl2NO. The molecule has 1 N–H and O–H groups in total. The highest BCUT2D eigenvalue weighted by atomic mass is 79.9. The fraction of sp³-hybridized carbons (Fsp3) is 0.250. The Bertz CT molecular complexity index is 634. The zero-order valence-electron chi connectivity index (χ0n) is 11.8. The predicted molar refractivity (Wildman–Crippen MR) is 92.7 cm³/mol. The van der Waals surface area contributed by atoms with Gasteiger partial charge in [0.1, 0.15) is 5.75 Å². The average molecular weight is 389 g/mol. The molecule has 1 atom stereocenters. The Kier molecular flexibility index (Phi) is 5.94. The lowest BCUT2D eigenvalue weighted by molar-refractivity contribution is 0.404. The van der Waals surface area contributed by atoms with Crippen molar-refractivity contribution in [2.45, 2.75) is 13.0 Å². The first-order valence-corrected chi connectivity index (χ1v) is 8.13. The van der Waals surface area contributed by atoms with Crippen LogP contribution in [0.1, 0.15) is 24.1 Å². The van der Waals surface area contributed by atoms with Crippen LogP contribution in [0.4, 0.5) is 0 Å². The number of hydrogen-bond donors (Lipinski definition) is 1. The van der Waals surface area contributed by atoms with Gasteiger partial charge in [-0.1, -0.05) is 46.1 Å². The Balaban J connectivity index is 2.58. The molecule has 5 heteroatoms. The van der Waals surface area contributed by atoms with Crippen LogP contribution in [0.15, 0.2) is 40.9 Å². The molecule has 112 valence electrons. The van der Waals surface area contributed by atoms with Crippen molar-refractivity contribution in [3.63, 3.8) is 0 Å². The molecule has 0 aliphatic heterocycles. The maximum absolute atomic E-state index is 6.36. The smallest absolute Gasteiger partial charge is 0.124 e. The van der Waals surface area contributed by atoms with E-state index in [1.54, 1.807) is 13.2 Å². The van der Waals surface area contributed by atoms with Crippen molar-refractivity contribution in [3.8, 4) is 5.75 Å². The first kappa shape index (κ1) is 16.6. The maximum Gasteiger partial charge on any atom is 0.124 e. The highest BCUT2D eigenvalue weighted by molar-refractivity contribution is 9.10. The van der Waals surface area contributed by atoms with Crippen LogP contribution in [0.25, 0.3) is 0 Å². The Hall–Kier alpha value is -0.740. The van der Waals surface area contributed by atoms with Crippen LogP contribution >= 0.6 is 39.1 Å². The zero-order chi connectivity index (χ0) is 15.4. The van der Waals surface area contributed by atoms with Crippen LogP contribution in [0.5, 0.6) is 5.75 Å². The predicted octanol–water partition coefficient (Wildman–Crippen LogP) is 5.46. The minimum absolute atomic E-state index is 0.0892. The summed E-state index contributed by atoms with van der Waals surface area (Å²) >= 11 is 16.0. The van der Waals surface area contributed by atoms with Crippen LogP contribution in [-0.2, 0) is 0 Å². The van der Waals surface area contributed by atoms with Gasteiger partial charge in [0.25, 0.3) is 0 Å². The maximum atomic E-state index is 6.36. The Morgan fingerprint density at radius 1 is 1.14 bits per heavy atom. The fourth-order valence-corrected chi connectivity index (χ4v) is 3.04. The van der Waals surface area contributed by atoms with Crippen molar-refractivity contribution in [2.24, 2.45) is 0 Å². The van der Waals surface area contributed by atoms with Crippen molar-refractivity contribution in [1.82, 2.24) is 5.32 Å². The van der Waals surface area contributed by atoms with Crippen LogP contribution in [0, 0.1) is 0 Å². The third-order valence-electron chi connectivity index (χ3n) is 3.18. The molecule has 21 heavy (non-hydrogen) atoms. The molecule has 0 aliphatic carbocycles. The molecule has 0 heterocycles. The van der Waals surface area contributed by atoms with Gasteiger partial charge in [0.15, 0.2) is 0 Å². The second-order valence-electron chi connectivity index (χ2n) is 4.54. The summed E-state index contributed by atoms with van der Waals surface area (Å²) < 4.78 is 6.47. The van der Waals surface area contributed by atoms with E-state index in [0.717, 1.165) is 27.9 Å². The van der Waals surface area contributed by atoms with Gasteiger partial charge in [-0.2, -0.15) is 0 Å². The number of hydrogen-bond acceptors (Lipinski definition) is 2. The third-order valence-corrected chi connectivity index (χ3v) is 4.25. The van der Waals surface area contributed by atoms with E-state index in [0.29, 0.717) is 10.0 Å². The zero-order valence-corrected chi connectivity index (χ0v) is 14.9. The van der Waals surface area contributed by atoms with Gasteiger partial charge in [0, 0.05) is 20.1 Å². The molecule has 0 radical (unpaired) electrons. The molecule has 0 saturated heterocycles. The second kappa shape index (κ2) is 7.50. The lowest BCUT2D eigenvalue weighted by Crippen LogP contribution is -2.23. The van der Waals surface area contributed by atoms with E-state index in [1.165, 1.54) is 0 Å². The number of rotatable bonds is 5. The van der Waals surface area contributed by atoms with Crippen LogP contribution in [-0.4, -0.2) is 13.7 Å². The number of ether oxygens (including phenoxy) is 1. The third kappa shape index (κ3) is 3.92. The van der Waals surface area contributed by atoms with Crippen LogP contribution < -0.4 is 10.1 Å². The largest absolute Gasteiger partial charge is 0.496 e. The highest BCUT2D eigenvalue weighted by Gasteiger charge is 2.20. The topological polar surface area (TPSA) is 21.3 Å². The average Bonchev–Trinajstić information content (AvgIpc) is 2.47. The van der Waals surface area contributed by atoms with E-state index in [1.807, 2.05) is 30.3 Å². The second-order valence-corrected chi connectivity index (χ2v) is 6.30. The fourth-order valence-electron chi connectivity index (χ4n) is 2.26. The molecule has 2 aromatic carbocycles. The van der Waals surface area contributed by atoms with Crippen molar-refractivity contribution >= 4 is 39.1 Å². The normalized spacial score (nSPS) is 12.2. The number of methoxy groups -OCH3 is 1. The van der Waals surface area contributed by atoms with E-state index in [4.69, 9.17) is 27.9 Å². The first-order chi connectivity index (χ1) is 10.1. The molecule has 0 bridgehead atoms. The molecule has 2 nitrogen and oxygen atoms in total. The van der Waals surface area contributed by atoms with E-state index in [-0.39, 0.29) is 6.04 Å². The monoisotopic (exact) mass is 387 g/mol. The quantitative estimate of drug-likeness (QED) is 0.733. The van der Waals surface area contributed by atoms with E-state index < -0.39 is 0 Å². The minimum Gasteiger partial charge on any atom is -0.496 e. The minimum atomic E-state index is -0.0892. The lowest BCUT2D eigenvalue weighted by atomic mass is 9.97. The molecule has 0 amide bonds. The summed E-state index contributed by atoms with van der Waals surface area (Å²) in [5.74, 6) is 0.806. The lowest BCUT2D eigenvalue weighted by Gasteiger charge is -2.22. The molecule has 0 spiro atoms. The van der Waals surface area contributed by atoms with Gasteiger partial charge in [0.05, 0.1) is 13.2 Å². The molecule has 0 fully saturated rings. The molecule has 2 rings (SSSR count). The molecule has 0 aromatic heterocycles. The summed E-state index contributed by atoms with van der Waals surface area (Å²) in [6.07, 6.45) is 0. The van der Waals surface area contributed by atoms with Gasteiger partial charge in [0.2, 0.25) is 0 Å². The summed E-state index contributed by atoms with van der Waals surface area (Å²) in [6, 6.07) is 11.3. The van der Waals surface area contributed by atoms with Gasteiger partial charge >= 0.3 is 0 Å². The summed E-state index contributed by atoms with van der Waals surface area (Å²) in [5, 5.41) is 4.77.